The van der Waals surface area contributed by atoms with E-state index in [0.717, 1.165) is 22.1 Å². The molecule has 9 aromatic carbocycles. The molecule has 0 radical (unpaired) electrons. The molecule has 0 atom stereocenters. The monoisotopic (exact) mass is 678 g/mol. The van der Waals surface area contributed by atoms with Gasteiger partial charge in [-0.1, -0.05) is 177 Å². The van der Waals surface area contributed by atoms with Gasteiger partial charge in [-0.05, 0) is 95.7 Å². The minimum atomic E-state index is 0.593. The lowest BCUT2D eigenvalue weighted by Crippen LogP contribution is -2.06. The van der Waals surface area contributed by atoms with Crippen LogP contribution in [0.3, 0.4) is 0 Å². The average Bonchev–Trinajstić information content (AvgIpc) is 3.62. The first-order valence-corrected chi connectivity index (χ1v) is 19.2. The molecule has 1 heterocycles. The number of hydrogen-bond donors (Lipinski definition) is 0. The second-order valence-corrected chi connectivity index (χ2v) is 14.9. The minimum absolute atomic E-state index is 0.593. The van der Waals surface area contributed by atoms with Crippen molar-refractivity contribution in [2.75, 3.05) is 0 Å². The third kappa shape index (κ3) is 4.63. The second-order valence-electron chi connectivity index (χ2n) is 14.9. The number of rotatable bonds is 4. The van der Waals surface area contributed by atoms with Crippen LogP contribution in [-0.2, 0) is 0 Å². The van der Waals surface area contributed by atoms with Crippen LogP contribution in [0, 0.1) is 0 Å². The van der Waals surface area contributed by atoms with Crippen LogP contribution in [-0.4, -0.2) is 0 Å². The van der Waals surface area contributed by atoms with E-state index < -0.39 is 0 Å². The Bertz CT molecular complexity index is 2920. The number of furan rings is 1. The van der Waals surface area contributed by atoms with Crippen LogP contribution in [0.4, 0.5) is 0 Å². The van der Waals surface area contributed by atoms with Crippen LogP contribution in [0.5, 0.6) is 0 Å². The van der Waals surface area contributed by atoms with E-state index >= 15 is 0 Å². The molecule has 10 aromatic rings. The highest BCUT2D eigenvalue weighted by Crippen LogP contribution is 2.50. The lowest BCUT2D eigenvalue weighted by molar-refractivity contribution is 0.447. The third-order valence-corrected chi connectivity index (χ3v) is 12.0. The van der Waals surface area contributed by atoms with Crippen molar-refractivity contribution < 1.29 is 4.42 Å². The van der Waals surface area contributed by atoms with E-state index in [1.54, 1.807) is 0 Å². The van der Waals surface area contributed by atoms with Crippen LogP contribution in [0.1, 0.15) is 43.6 Å². The summed E-state index contributed by atoms with van der Waals surface area (Å²) in [7, 11) is 0. The van der Waals surface area contributed by atoms with Gasteiger partial charge in [0.05, 0.1) is 0 Å². The van der Waals surface area contributed by atoms with Gasteiger partial charge in [0.25, 0.3) is 0 Å². The van der Waals surface area contributed by atoms with Crippen LogP contribution >= 0.6 is 0 Å². The highest BCUT2D eigenvalue weighted by atomic mass is 16.3. The van der Waals surface area contributed by atoms with Gasteiger partial charge < -0.3 is 4.42 Å². The summed E-state index contributed by atoms with van der Waals surface area (Å²) < 4.78 is 7.06. The molecule has 0 bridgehead atoms. The molecule has 1 fully saturated rings. The van der Waals surface area contributed by atoms with Gasteiger partial charge in [-0.3, -0.25) is 0 Å². The molecule has 1 aliphatic carbocycles. The fraction of sp³-hybridized carbons (Fsp3) is 0.115. The highest BCUT2D eigenvalue weighted by Gasteiger charge is 2.26. The van der Waals surface area contributed by atoms with Gasteiger partial charge in [0.15, 0.2) is 0 Å². The Kier molecular flexibility index (Phi) is 7.01. The Hall–Kier alpha value is -6.18. The van der Waals surface area contributed by atoms with Gasteiger partial charge >= 0.3 is 0 Å². The van der Waals surface area contributed by atoms with Gasteiger partial charge in [0, 0.05) is 21.9 Å². The average molecular weight is 679 g/mol. The predicted octanol–water partition coefficient (Wildman–Crippen LogP) is 15.2. The molecule has 11 rings (SSSR count). The van der Waals surface area contributed by atoms with Crippen molar-refractivity contribution in [2.45, 2.75) is 38.0 Å². The Balaban J connectivity index is 1.22. The highest BCUT2D eigenvalue weighted by molar-refractivity contribution is 6.27. The fourth-order valence-electron chi connectivity index (χ4n) is 9.87. The van der Waals surface area contributed by atoms with Crippen LogP contribution in [0.2, 0.25) is 0 Å². The van der Waals surface area contributed by atoms with Gasteiger partial charge in [0.1, 0.15) is 11.2 Å². The summed E-state index contributed by atoms with van der Waals surface area (Å²) in [5.74, 6) is 0.593. The topological polar surface area (TPSA) is 13.1 Å². The molecule has 0 amide bonds. The first-order valence-electron chi connectivity index (χ1n) is 19.2. The third-order valence-electron chi connectivity index (χ3n) is 12.0. The van der Waals surface area contributed by atoms with Gasteiger partial charge in [-0.25, -0.2) is 0 Å². The first-order chi connectivity index (χ1) is 26.3. The SMILES string of the molecule is c1ccc(-c2c3ccccc3c(-c3cccc4oc5c(-c6c7ccccc7c(C7CCCCC7)c7ccccc67)cccc5c34)c3ccccc23)cc1. The summed E-state index contributed by atoms with van der Waals surface area (Å²) in [5, 5.41) is 12.7. The molecular weight excluding hydrogens is 641 g/mol. The molecule has 1 aliphatic rings. The van der Waals surface area contributed by atoms with Gasteiger partial charge in [0.2, 0.25) is 0 Å². The molecule has 0 spiro atoms. The zero-order chi connectivity index (χ0) is 34.9. The maximum Gasteiger partial charge on any atom is 0.143 e. The van der Waals surface area contributed by atoms with Crippen LogP contribution in [0.25, 0.3) is 98.4 Å². The standard InChI is InChI=1S/C52H38O/c1-3-17-33(18-4-1)47-35-21-7-11-25-39(35)49(40-26-12-8-22-36(40)47)43-29-16-32-46-51(43)45-31-15-30-44(52(45)53-46)50-41-27-13-9-23-37(41)48(34-19-5-2-6-20-34)38-24-10-14-28-42(38)50/h1,3-4,7-18,21-32,34H,2,5-6,19-20H2. The molecule has 0 aliphatic heterocycles. The summed E-state index contributed by atoms with van der Waals surface area (Å²) in [6.07, 6.45) is 6.52. The van der Waals surface area contributed by atoms with Crippen molar-refractivity contribution in [3.05, 3.63) is 169 Å². The zero-order valence-electron chi connectivity index (χ0n) is 29.6. The summed E-state index contributed by atoms with van der Waals surface area (Å²) in [6.45, 7) is 0. The summed E-state index contributed by atoms with van der Waals surface area (Å²) in [5.41, 5.74) is 10.8. The normalized spacial score (nSPS) is 14.0. The molecule has 1 heteroatoms. The van der Waals surface area contributed by atoms with Crippen molar-refractivity contribution in [3.8, 4) is 33.4 Å². The molecule has 0 saturated heterocycles. The lowest BCUT2D eigenvalue weighted by Gasteiger charge is -2.26. The minimum Gasteiger partial charge on any atom is -0.455 e. The van der Waals surface area contributed by atoms with E-state index in [2.05, 4.69) is 164 Å². The van der Waals surface area contributed by atoms with Crippen molar-refractivity contribution in [1.82, 2.24) is 0 Å². The molecule has 53 heavy (non-hydrogen) atoms. The summed E-state index contributed by atoms with van der Waals surface area (Å²) in [4.78, 5) is 0. The van der Waals surface area contributed by atoms with Crippen molar-refractivity contribution in [2.24, 2.45) is 0 Å². The zero-order valence-corrected chi connectivity index (χ0v) is 29.6. The largest absolute Gasteiger partial charge is 0.455 e. The smallest absolute Gasteiger partial charge is 0.143 e. The van der Waals surface area contributed by atoms with Crippen molar-refractivity contribution in [1.29, 1.82) is 0 Å². The van der Waals surface area contributed by atoms with Gasteiger partial charge in [-0.2, -0.15) is 0 Å². The summed E-state index contributed by atoms with van der Waals surface area (Å²) in [6, 6.07) is 60.3. The van der Waals surface area contributed by atoms with E-state index in [4.69, 9.17) is 4.42 Å². The molecular formula is C52H38O. The Morgan fingerprint density at radius 2 is 0.811 bits per heavy atom. The molecule has 0 N–H and O–H groups in total. The molecule has 252 valence electrons. The number of hydrogen-bond acceptors (Lipinski definition) is 1. The van der Waals surface area contributed by atoms with Crippen LogP contribution < -0.4 is 0 Å². The molecule has 1 aromatic heterocycles. The quantitative estimate of drug-likeness (QED) is 0.169. The fourth-order valence-corrected chi connectivity index (χ4v) is 9.87. The maximum atomic E-state index is 7.06. The first kappa shape index (κ1) is 30.4. The van der Waals surface area contributed by atoms with Gasteiger partial charge in [-0.15, -0.1) is 0 Å². The number of para-hydroxylation sites is 1. The Labute approximate surface area is 309 Å². The van der Waals surface area contributed by atoms with E-state index in [9.17, 15) is 0 Å². The van der Waals surface area contributed by atoms with E-state index in [1.807, 2.05) is 0 Å². The molecule has 1 nitrogen and oxygen atoms in total. The lowest BCUT2D eigenvalue weighted by atomic mass is 9.78. The molecule has 0 unspecified atom stereocenters. The van der Waals surface area contributed by atoms with E-state index in [-0.39, 0.29) is 0 Å². The Morgan fingerprint density at radius 1 is 0.358 bits per heavy atom. The van der Waals surface area contributed by atoms with Crippen LogP contribution in [0.15, 0.2) is 168 Å². The number of fused-ring (bicyclic) bond motifs is 7. The molecule has 1 saturated carbocycles. The van der Waals surface area contributed by atoms with E-state index in [1.165, 1.54) is 114 Å². The van der Waals surface area contributed by atoms with Crippen molar-refractivity contribution in [3.63, 3.8) is 0 Å². The Morgan fingerprint density at radius 3 is 1.42 bits per heavy atom. The predicted molar refractivity (Wildman–Crippen MR) is 226 cm³/mol. The summed E-state index contributed by atoms with van der Waals surface area (Å²) >= 11 is 0. The second kappa shape index (κ2) is 12.2. The number of benzene rings is 9. The van der Waals surface area contributed by atoms with Crippen molar-refractivity contribution >= 4 is 65.0 Å². The van der Waals surface area contributed by atoms with E-state index in [0.29, 0.717) is 5.92 Å². The maximum absolute atomic E-state index is 7.06.